The van der Waals surface area contributed by atoms with Crippen LogP contribution in [0.5, 0.6) is 5.75 Å². The van der Waals surface area contributed by atoms with Crippen LogP contribution >= 0.6 is 15.9 Å². The Hall–Kier alpha value is -0.700. The summed E-state index contributed by atoms with van der Waals surface area (Å²) in [7, 11) is -3.52. The second-order valence-electron chi connectivity index (χ2n) is 3.85. The Kier molecular flexibility index (Phi) is 4.21. The molecule has 2 heterocycles. The Morgan fingerprint density at radius 1 is 1.39 bits per heavy atom. The zero-order valence-electron chi connectivity index (χ0n) is 9.58. The summed E-state index contributed by atoms with van der Waals surface area (Å²) in [6.45, 7) is 0.484. The van der Waals surface area contributed by atoms with E-state index in [1.807, 2.05) is 0 Å². The first kappa shape index (κ1) is 13.7. The second-order valence-corrected chi connectivity index (χ2v) is 6.26. The van der Waals surface area contributed by atoms with Crippen LogP contribution in [0.2, 0.25) is 0 Å². The molecule has 0 N–H and O–H groups in total. The number of aromatic nitrogens is 1. The Morgan fingerprint density at radius 3 is 2.72 bits per heavy atom. The molecule has 1 aromatic heterocycles. The number of ether oxygens (including phenoxy) is 2. The smallest absolute Gasteiger partial charge is 0.264 e. The van der Waals surface area contributed by atoms with Crippen molar-refractivity contribution in [3.63, 3.8) is 0 Å². The lowest BCUT2D eigenvalue weighted by molar-refractivity contribution is 0.0964. The van der Waals surface area contributed by atoms with Gasteiger partial charge in [-0.2, -0.15) is 8.42 Å². The maximum Gasteiger partial charge on any atom is 0.264 e. The number of pyridine rings is 1. The fourth-order valence-electron chi connectivity index (χ4n) is 1.55. The van der Waals surface area contributed by atoms with Gasteiger partial charge in [0.2, 0.25) is 0 Å². The molecule has 0 amide bonds. The summed E-state index contributed by atoms with van der Waals surface area (Å²) in [5.74, 6) is 0.538. The van der Waals surface area contributed by atoms with Crippen molar-refractivity contribution >= 4 is 26.0 Å². The van der Waals surface area contributed by atoms with Gasteiger partial charge in [0, 0.05) is 0 Å². The number of rotatable bonds is 4. The number of hydrogen-bond acceptors (Lipinski definition) is 6. The quantitative estimate of drug-likeness (QED) is 0.602. The van der Waals surface area contributed by atoms with Crippen LogP contribution < -0.4 is 4.74 Å². The SMILES string of the molecule is CS(=O)(=O)OC1COCC1Oc1ccc(Br)nc1. The molecule has 0 saturated carbocycles. The van der Waals surface area contributed by atoms with Gasteiger partial charge in [0.1, 0.15) is 16.5 Å². The molecule has 1 aliphatic heterocycles. The first-order valence-corrected chi connectivity index (χ1v) is 7.79. The van der Waals surface area contributed by atoms with E-state index in [4.69, 9.17) is 13.7 Å². The predicted octanol–water partition coefficient (Wildman–Crippen LogP) is 0.966. The number of nitrogens with zero attached hydrogens (tertiary/aromatic N) is 1. The van der Waals surface area contributed by atoms with Gasteiger partial charge in [-0.3, -0.25) is 4.18 Å². The minimum atomic E-state index is -3.52. The van der Waals surface area contributed by atoms with Crippen LogP contribution in [-0.4, -0.2) is 45.1 Å². The topological polar surface area (TPSA) is 74.7 Å². The maximum absolute atomic E-state index is 11.1. The van der Waals surface area contributed by atoms with Gasteiger partial charge in [-0.1, -0.05) is 0 Å². The van der Waals surface area contributed by atoms with Crippen LogP contribution in [-0.2, 0) is 19.0 Å². The summed E-state index contributed by atoms with van der Waals surface area (Å²) in [5, 5.41) is 0. The molecule has 2 rings (SSSR count). The van der Waals surface area contributed by atoms with Crippen molar-refractivity contribution in [3.8, 4) is 5.75 Å². The highest BCUT2D eigenvalue weighted by Gasteiger charge is 2.33. The minimum absolute atomic E-state index is 0.196. The molecule has 0 spiro atoms. The molecule has 2 unspecified atom stereocenters. The third-order valence-electron chi connectivity index (χ3n) is 2.27. The van der Waals surface area contributed by atoms with Gasteiger partial charge < -0.3 is 9.47 Å². The molecule has 0 aliphatic carbocycles. The molecule has 6 nitrogen and oxygen atoms in total. The van der Waals surface area contributed by atoms with E-state index >= 15 is 0 Å². The molecule has 1 aliphatic rings. The third kappa shape index (κ3) is 3.91. The van der Waals surface area contributed by atoms with E-state index in [1.54, 1.807) is 18.3 Å². The van der Waals surface area contributed by atoms with E-state index in [1.165, 1.54) is 0 Å². The van der Waals surface area contributed by atoms with E-state index in [0.717, 1.165) is 6.26 Å². The van der Waals surface area contributed by atoms with Crippen molar-refractivity contribution in [3.05, 3.63) is 22.9 Å². The van der Waals surface area contributed by atoms with Gasteiger partial charge in [0.05, 0.1) is 25.7 Å². The van der Waals surface area contributed by atoms with Crippen molar-refractivity contribution in [2.45, 2.75) is 12.2 Å². The summed E-state index contributed by atoms with van der Waals surface area (Å²) in [4.78, 5) is 4.01. The van der Waals surface area contributed by atoms with Crippen molar-refractivity contribution in [1.29, 1.82) is 0 Å². The molecule has 1 fully saturated rings. The Balaban J connectivity index is 2.01. The third-order valence-corrected chi connectivity index (χ3v) is 3.33. The summed E-state index contributed by atoms with van der Waals surface area (Å²) in [6.07, 6.45) is 1.47. The first-order chi connectivity index (χ1) is 8.44. The fourth-order valence-corrected chi connectivity index (χ4v) is 2.41. The molecule has 0 aromatic carbocycles. The number of halogens is 1. The zero-order valence-corrected chi connectivity index (χ0v) is 12.0. The Labute approximate surface area is 114 Å². The molecule has 100 valence electrons. The normalized spacial score (nSPS) is 24.1. The molecule has 0 bridgehead atoms. The van der Waals surface area contributed by atoms with Crippen LogP contribution in [0.4, 0.5) is 0 Å². The number of hydrogen-bond donors (Lipinski definition) is 0. The van der Waals surface area contributed by atoms with E-state index in [9.17, 15) is 8.42 Å². The second kappa shape index (κ2) is 5.52. The average Bonchev–Trinajstić information content (AvgIpc) is 2.67. The molecule has 0 radical (unpaired) electrons. The van der Waals surface area contributed by atoms with Gasteiger partial charge >= 0.3 is 0 Å². The molecule has 18 heavy (non-hydrogen) atoms. The first-order valence-electron chi connectivity index (χ1n) is 5.18. The van der Waals surface area contributed by atoms with E-state index < -0.39 is 22.3 Å². The van der Waals surface area contributed by atoms with Crippen molar-refractivity contribution < 1.29 is 22.1 Å². The van der Waals surface area contributed by atoms with Crippen LogP contribution in [0.15, 0.2) is 22.9 Å². The summed E-state index contributed by atoms with van der Waals surface area (Å²) >= 11 is 3.21. The lowest BCUT2D eigenvalue weighted by Gasteiger charge is -2.18. The minimum Gasteiger partial charge on any atom is -0.484 e. The maximum atomic E-state index is 11.1. The van der Waals surface area contributed by atoms with Crippen LogP contribution in [0, 0.1) is 0 Å². The Bertz CT molecular complexity index is 504. The largest absolute Gasteiger partial charge is 0.484 e. The summed E-state index contributed by atoms with van der Waals surface area (Å²) < 4.78 is 38.5. The monoisotopic (exact) mass is 337 g/mol. The molecule has 2 atom stereocenters. The average molecular weight is 338 g/mol. The molecule has 1 aromatic rings. The summed E-state index contributed by atoms with van der Waals surface area (Å²) in [5.41, 5.74) is 0. The molecule has 8 heteroatoms. The van der Waals surface area contributed by atoms with Crippen LogP contribution in [0.1, 0.15) is 0 Å². The summed E-state index contributed by atoms with van der Waals surface area (Å²) in [6, 6.07) is 3.46. The van der Waals surface area contributed by atoms with Crippen molar-refractivity contribution in [1.82, 2.24) is 4.98 Å². The Morgan fingerprint density at radius 2 is 2.11 bits per heavy atom. The van der Waals surface area contributed by atoms with Gasteiger partial charge in [0.25, 0.3) is 10.1 Å². The lowest BCUT2D eigenvalue weighted by atomic mass is 10.2. The molecule has 1 saturated heterocycles. The highest BCUT2D eigenvalue weighted by molar-refractivity contribution is 9.10. The van der Waals surface area contributed by atoms with Gasteiger partial charge in [-0.15, -0.1) is 0 Å². The van der Waals surface area contributed by atoms with Gasteiger partial charge in [-0.25, -0.2) is 4.98 Å². The highest BCUT2D eigenvalue weighted by Crippen LogP contribution is 2.20. The van der Waals surface area contributed by atoms with Crippen molar-refractivity contribution in [2.75, 3.05) is 19.5 Å². The van der Waals surface area contributed by atoms with E-state index in [-0.39, 0.29) is 13.2 Å². The van der Waals surface area contributed by atoms with Crippen LogP contribution in [0.3, 0.4) is 0 Å². The zero-order chi connectivity index (χ0) is 13.2. The van der Waals surface area contributed by atoms with E-state index in [0.29, 0.717) is 10.4 Å². The van der Waals surface area contributed by atoms with Crippen molar-refractivity contribution in [2.24, 2.45) is 0 Å². The standard InChI is InChI=1S/C10H12BrNO5S/c1-18(13,14)17-9-6-15-5-8(9)16-7-2-3-10(11)12-4-7/h2-4,8-9H,5-6H2,1H3. The molecular weight excluding hydrogens is 326 g/mol. The highest BCUT2D eigenvalue weighted by atomic mass is 79.9. The van der Waals surface area contributed by atoms with Gasteiger partial charge in [0.15, 0.2) is 6.10 Å². The molecular formula is C10H12BrNO5S. The van der Waals surface area contributed by atoms with Gasteiger partial charge in [-0.05, 0) is 28.1 Å². The lowest BCUT2D eigenvalue weighted by Crippen LogP contribution is -2.34. The van der Waals surface area contributed by atoms with Crippen LogP contribution in [0.25, 0.3) is 0 Å². The fraction of sp³-hybridized carbons (Fsp3) is 0.500. The predicted molar refractivity (Wildman–Crippen MR) is 66.9 cm³/mol. The van der Waals surface area contributed by atoms with E-state index in [2.05, 4.69) is 20.9 Å².